The first-order chi connectivity index (χ1) is 9.74. The Morgan fingerprint density at radius 2 is 1.86 bits per heavy atom. The van der Waals surface area contributed by atoms with Crippen molar-refractivity contribution in [2.45, 2.75) is 65.6 Å². The Labute approximate surface area is 128 Å². The molecule has 0 saturated carbocycles. The van der Waals surface area contributed by atoms with Crippen LogP contribution in [0.25, 0.3) is 0 Å². The number of carbonyl (C=O) groups is 1. The number of carbonyl (C=O) groups excluding carboxylic acids is 1. The number of rotatable bonds is 3. The van der Waals surface area contributed by atoms with Gasteiger partial charge in [0.2, 0.25) is 0 Å². The molecule has 21 heavy (non-hydrogen) atoms. The van der Waals surface area contributed by atoms with Crippen molar-refractivity contribution in [1.82, 2.24) is 4.90 Å². The number of aryl methyl sites for hydroxylation is 2. The van der Waals surface area contributed by atoms with E-state index in [1.165, 1.54) is 16.7 Å². The van der Waals surface area contributed by atoms with Crippen LogP contribution in [0.2, 0.25) is 0 Å². The van der Waals surface area contributed by atoms with Gasteiger partial charge in [0.1, 0.15) is 11.6 Å². The highest BCUT2D eigenvalue weighted by Gasteiger charge is 2.33. The Bertz CT molecular complexity index is 496. The van der Waals surface area contributed by atoms with Gasteiger partial charge >= 0.3 is 5.97 Å². The molecule has 1 fully saturated rings. The molecule has 1 heterocycles. The van der Waals surface area contributed by atoms with Gasteiger partial charge in [-0.2, -0.15) is 0 Å². The number of hydrogen-bond acceptors (Lipinski definition) is 3. The van der Waals surface area contributed by atoms with Gasteiger partial charge in [0.15, 0.2) is 0 Å². The summed E-state index contributed by atoms with van der Waals surface area (Å²) < 4.78 is 5.56. The second-order valence-corrected chi connectivity index (χ2v) is 7.16. The molecule has 0 N–H and O–H groups in total. The number of likely N-dealkylation sites (tertiary alicyclic amines) is 1. The third-order valence-electron chi connectivity index (χ3n) is 3.71. The van der Waals surface area contributed by atoms with Gasteiger partial charge in [0.05, 0.1) is 0 Å². The fourth-order valence-electron chi connectivity index (χ4n) is 3.05. The lowest BCUT2D eigenvalue weighted by Crippen LogP contribution is -2.40. The van der Waals surface area contributed by atoms with Crippen LogP contribution in [0, 0.1) is 13.8 Å². The minimum absolute atomic E-state index is 0.0793. The van der Waals surface area contributed by atoms with Crippen molar-refractivity contribution in [1.29, 1.82) is 0 Å². The summed E-state index contributed by atoms with van der Waals surface area (Å²) in [6.07, 6.45) is 1.97. The third-order valence-corrected chi connectivity index (χ3v) is 3.71. The van der Waals surface area contributed by atoms with Crippen LogP contribution in [0.5, 0.6) is 0 Å². The summed E-state index contributed by atoms with van der Waals surface area (Å²) in [6, 6.07) is 6.50. The first-order valence-electron chi connectivity index (χ1n) is 7.79. The highest BCUT2D eigenvalue weighted by Crippen LogP contribution is 2.23. The molecule has 0 aromatic heterocycles. The smallest absolute Gasteiger partial charge is 0.323 e. The predicted octanol–water partition coefficient (Wildman–Crippen LogP) is 3.61. The van der Waals surface area contributed by atoms with Crippen LogP contribution >= 0.6 is 0 Å². The monoisotopic (exact) mass is 289 g/mol. The second-order valence-electron chi connectivity index (χ2n) is 7.16. The van der Waals surface area contributed by atoms with Crippen molar-refractivity contribution in [3.05, 3.63) is 34.9 Å². The van der Waals surface area contributed by atoms with E-state index in [1.807, 2.05) is 20.8 Å². The fraction of sp³-hybridized carbons (Fsp3) is 0.611. The predicted molar refractivity (Wildman–Crippen MR) is 85.2 cm³/mol. The summed E-state index contributed by atoms with van der Waals surface area (Å²) in [5.41, 5.74) is 3.42. The minimum atomic E-state index is -0.411. The molecule has 2 rings (SSSR count). The van der Waals surface area contributed by atoms with Crippen LogP contribution in [0.4, 0.5) is 0 Å². The molecule has 1 aliphatic heterocycles. The van der Waals surface area contributed by atoms with Crippen molar-refractivity contribution in [3.8, 4) is 0 Å². The van der Waals surface area contributed by atoms with Crippen molar-refractivity contribution in [2.75, 3.05) is 6.54 Å². The molecule has 1 aromatic rings. The van der Waals surface area contributed by atoms with Crippen LogP contribution in [0.1, 0.15) is 50.3 Å². The Kier molecular flexibility index (Phi) is 4.72. The first kappa shape index (κ1) is 16.0. The molecule has 1 atom stereocenters. The Hall–Kier alpha value is -1.35. The molecule has 1 aromatic carbocycles. The number of nitrogens with zero attached hydrogens (tertiary/aromatic N) is 1. The minimum Gasteiger partial charge on any atom is -0.459 e. The molecule has 0 amide bonds. The zero-order chi connectivity index (χ0) is 15.6. The van der Waals surface area contributed by atoms with Gasteiger partial charge in [0.25, 0.3) is 0 Å². The van der Waals surface area contributed by atoms with Crippen LogP contribution in [0.15, 0.2) is 18.2 Å². The molecule has 116 valence electrons. The highest BCUT2D eigenvalue weighted by molar-refractivity contribution is 5.76. The quantitative estimate of drug-likeness (QED) is 0.796. The van der Waals surface area contributed by atoms with Crippen molar-refractivity contribution < 1.29 is 9.53 Å². The average Bonchev–Trinajstić information content (AvgIpc) is 2.73. The van der Waals surface area contributed by atoms with Gasteiger partial charge in [-0.3, -0.25) is 9.69 Å². The zero-order valence-electron chi connectivity index (χ0n) is 13.9. The first-order valence-corrected chi connectivity index (χ1v) is 7.79. The van der Waals surface area contributed by atoms with Gasteiger partial charge in [0, 0.05) is 6.54 Å². The summed E-state index contributed by atoms with van der Waals surface area (Å²) in [5, 5.41) is 0. The van der Waals surface area contributed by atoms with Crippen LogP contribution in [-0.2, 0) is 16.1 Å². The topological polar surface area (TPSA) is 29.5 Å². The average molecular weight is 289 g/mol. The molecule has 3 nitrogen and oxygen atoms in total. The van der Waals surface area contributed by atoms with Crippen molar-refractivity contribution in [3.63, 3.8) is 0 Å². The second kappa shape index (κ2) is 6.18. The van der Waals surface area contributed by atoms with E-state index in [2.05, 4.69) is 36.9 Å². The van der Waals surface area contributed by atoms with Gasteiger partial charge in [-0.1, -0.05) is 29.3 Å². The summed E-state index contributed by atoms with van der Waals surface area (Å²) in [4.78, 5) is 14.6. The lowest BCUT2D eigenvalue weighted by molar-refractivity contribution is -0.160. The molecule has 1 aliphatic rings. The summed E-state index contributed by atoms with van der Waals surface area (Å²) in [7, 11) is 0. The van der Waals surface area contributed by atoms with E-state index in [0.717, 1.165) is 25.9 Å². The van der Waals surface area contributed by atoms with Gasteiger partial charge in [-0.05, 0) is 59.6 Å². The molecule has 0 bridgehead atoms. The maximum atomic E-state index is 12.3. The molecular formula is C18H27NO2. The zero-order valence-corrected chi connectivity index (χ0v) is 13.9. The maximum Gasteiger partial charge on any atom is 0.323 e. The summed E-state index contributed by atoms with van der Waals surface area (Å²) in [5.74, 6) is -0.0793. The summed E-state index contributed by atoms with van der Waals surface area (Å²) in [6.45, 7) is 11.8. The van der Waals surface area contributed by atoms with Crippen molar-refractivity contribution >= 4 is 5.97 Å². The number of esters is 1. The number of hydrogen-bond donors (Lipinski definition) is 0. The molecule has 1 saturated heterocycles. The van der Waals surface area contributed by atoms with Gasteiger partial charge in [-0.15, -0.1) is 0 Å². The Morgan fingerprint density at radius 3 is 2.43 bits per heavy atom. The molecule has 0 unspecified atom stereocenters. The Morgan fingerprint density at radius 1 is 1.24 bits per heavy atom. The lowest BCUT2D eigenvalue weighted by atomic mass is 10.1. The van der Waals surface area contributed by atoms with E-state index >= 15 is 0 Å². The van der Waals surface area contributed by atoms with Gasteiger partial charge < -0.3 is 4.74 Å². The van der Waals surface area contributed by atoms with Gasteiger partial charge in [-0.25, -0.2) is 0 Å². The van der Waals surface area contributed by atoms with Crippen molar-refractivity contribution in [2.24, 2.45) is 0 Å². The molecule has 0 spiro atoms. The summed E-state index contributed by atoms with van der Waals surface area (Å²) >= 11 is 0. The van der Waals surface area contributed by atoms with Crippen LogP contribution in [-0.4, -0.2) is 29.1 Å². The van der Waals surface area contributed by atoms with E-state index in [9.17, 15) is 4.79 Å². The van der Waals surface area contributed by atoms with E-state index in [0.29, 0.717) is 0 Å². The third kappa shape index (κ3) is 4.57. The number of ether oxygens (including phenoxy) is 1. The standard InChI is InChI=1S/C18H27NO2/c1-13-9-14(2)11-15(10-13)12-19-8-6-7-16(19)17(20)21-18(3,4)5/h9-11,16H,6-8,12H2,1-5H3/t16-/m1/s1. The normalized spacial score (nSPS) is 19.8. The van der Waals surface area contributed by atoms with E-state index in [-0.39, 0.29) is 12.0 Å². The Balaban J connectivity index is 2.06. The fourth-order valence-corrected chi connectivity index (χ4v) is 3.05. The number of benzene rings is 1. The van der Waals surface area contributed by atoms with E-state index in [4.69, 9.17) is 4.74 Å². The van der Waals surface area contributed by atoms with Crippen LogP contribution in [0.3, 0.4) is 0 Å². The van der Waals surface area contributed by atoms with Crippen LogP contribution < -0.4 is 0 Å². The molecule has 3 heteroatoms. The lowest BCUT2D eigenvalue weighted by Gasteiger charge is -2.27. The maximum absolute atomic E-state index is 12.3. The largest absolute Gasteiger partial charge is 0.459 e. The SMILES string of the molecule is Cc1cc(C)cc(CN2CCC[C@@H]2C(=O)OC(C)(C)C)c1. The van der Waals surface area contributed by atoms with E-state index < -0.39 is 5.60 Å². The molecular weight excluding hydrogens is 262 g/mol. The van der Waals surface area contributed by atoms with E-state index in [1.54, 1.807) is 0 Å². The molecule has 0 aliphatic carbocycles. The highest BCUT2D eigenvalue weighted by atomic mass is 16.6. The molecule has 0 radical (unpaired) electrons.